The van der Waals surface area contributed by atoms with Gasteiger partial charge in [0.15, 0.2) is 0 Å². The van der Waals surface area contributed by atoms with E-state index in [4.69, 9.17) is 29.3 Å². The van der Waals surface area contributed by atoms with E-state index in [-0.39, 0.29) is 17.9 Å². The molecule has 2 saturated heterocycles. The van der Waals surface area contributed by atoms with Gasteiger partial charge in [0, 0.05) is 25.6 Å². The van der Waals surface area contributed by atoms with Gasteiger partial charge in [-0.3, -0.25) is 9.69 Å². The molecule has 0 saturated carbocycles. The van der Waals surface area contributed by atoms with Crippen LogP contribution in [0.25, 0.3) is 0 Å². The van der Waals surface area contributed by atoms with E-state index in [1.807, 2.05) is 19.1 Å². The van der Waals surface area contributed by atoms with Crippen LogP contribution in [-0.4, -0.2) is 71.9 Å². The normalized spacial score (nSPS) is 19.2. The van der Waals surface area contributed by atoms with E-state index in [0.29, 0.717) is 13.2 Å². The lowest BCUT2D eigenvalue weighted by molar-refractivity contribution is -0.159. The molecule has 0 spiro atoms. The first kappa shape index (κ1) is 24.6. The number of piperidine rings is 1. The number of rotatable bonds is 7. The Balaban J connectivity index is 0.000000501. The number of amides is 1. The van der Waals surface area contributed by atoms with Crippen molar-refractivity contribution in [1.82, 2.24) is 10.2 Å². The van der Waals surface area contributed by atoms with Crippen molar-refractivity contribution < 1.29 is 34.1 Å². The van der Waals surface area contributed by atoms with E-state index in [1.165, 1.54) is 5.56 Å². The van der Waals surface area contributed by atoms with Gasteiger partial charge in [-0.25, -0.2) is 9.59 Å². The van der Waals surface area contributed by atoms with Crippen LogP contribution in [0.2, 0.25) is 0 Å². The summed E-state index contributed by atoms with van der Waals surface area (Å²) in [6.07, 6.45) is 4.29. The highest BCUT2D eigenvalue weighted by atomic mass is 16.5. The predicted molar refractivity (Wildman–Crippen MR) is 113 cm³/mol. The summed E-state index contributed by atoms with van der Waals surface area (Å²) in [6, 6.07) is 8.32. The van der Waals surface area contributed by atoms with Gasteiger partial charge in [0.1, 0.15) is 5.75 Å². The first-order valence-corrected chi connectivity index (χ1v) is 10.7. The van der Waals surface area contributed by atoms with Crippen LogP contribution < -0.4 is 10.1 Å². The summed E-state index contributed by atoms with van der Waals surface area (Å²) in [5, 5.41) is 17.9. The van der Waals surface area contributed by atoms with E-state index in [0.717, 1.165) is 57.7 Å². The number of benzene rings is 1. The Morgan fingerprint density at radius 1 is 1.10 bits per heavy atom. The second-order valence-electron chi connectivity index (χ2n) is 7.62. The molecule has 0 radical (unpaired) electrons. The fourth-order valence-corrected chi connectivity index (χ4v) is 3.63. The maximum absolute atomic E-state index is 12.3. The molecule has 1 aromatic carbocycles. The highest BCUT2D eigenvalue weighted by Crippen LogP contribution is 2.21. The third-order valence-electron chi connectivity index (χ3n) is 5.31. The molecule has 3 rings (SSSR count). The maximum atomic E-state index is 12.3. The second kappa shape index (κ2) is 12.9. The molecule has 172 valence electrons. The van der Waals surface area contributed by atoms with Crippen molar-refractivity contribution in [1.29, 1.82) is 0 Å². The van der Waals surface area contributed by atoms with E-state index in [9.17, 15) is 4.79 Å². The van der Waals surface area contributed by atoms with Gasteiger partial charge in [0.25, 0.3) is 0 Å². The average Bonchev–Trinajstić information content (AvgIpc) is 3.28. The topological polar surface area (TPSA) is 125 Å². The van der Waals surface area contributed by atoms with Gasteiger partial charge in [0.05, 0.1) is 12.7 Å². The SMILES string of the molecule is CCOc1ccc(CN2CCC(C(=O)NCC3CCCO3)CC2)cc1.O=C(O)C(=O)O. The molecule has 1 atom stereocenters. The predicted octanol–water partition coefficient (Wildman–Crippen LogP) is 1.75. The number of carboxylic acid groups (broad SMARTS) is 2. The summed E-state index contributed by atoms with van der Waals surface area (Å²) >= 11 is 0. The molecular formula is C22H32N2O7. The molecule has 0 aliphatic carbocycles. The zero-order valence-corrected chi connectivity index (χ0v) is 17.9. The van der Waals surface area contributed by atoms with Gasteiger partial charge in [-0.05, 0) is 63.4 Å². The summed E-state index contributed by atoms with van der Waals surface area (Å²) < 4.78 is 11.0. The molecule has 1 amide bonds. The Kier molecular flexibility index (Phi) is 10.3. The Morgan fingerprint density at radius 2 is 1.74 bits per heavy atom. The van der Waals surface area contributed by atoms with Crippen molar-refractivity contribution in [2.75, 3.05) is 32.8 Å². The van der Waals surface area contributed by atoms with Gasteiger partial charge < -0.3 is 25.0 Å². The van der Waals surface area contributed by atoms with Crippen molar-refractivity contribution in [3.05, 3.63) is 29.8 Å². The minimum absolute atomic E-state index is 0.151. The molecule has 9 nitrogen and oxygen atoms in total. The van der Waals surface area contributed by atoms with Crippen molar-refractivity contribution in [2.24, 2.45) is 5.92 Å². The van der Waals surface area contributed by atoms with E-state index in [1.54, 1.807) is 0 Å². The van der Waals surface area contributed by atoms with Crippen LogP contribution in [0.1, 0.15) is 38.2 Å². The number of hydrogen-bond acceptors (Lipinski definition) is 6. The first-order valence-electron chi connectivity index (χ1n) is 10.7. The summed E-state index contributed by atoms with van der Waals surface area (Å²) in [5.74, 6) is -2.37. The monoisotopic (exact) mass is 436 g/mol. The fraction of sp³-hybridized carbons (Fsp3) is 0.591. The van der Waals surface area contributed by atoms with Crippen LogP contribution in [0.15, 0.2) is 24.3 Å². The molecular weight excluding hydrogens is 404 g/mol. The molecule has 2 aliphatic rings. The number of carboxylic acids is 2. The number of aliphatic carboxylic acids is 2. The summed E-state index contributed by atoms with van der Waals surface area (Å²) in [4.78, 5) is 32.9. The van der Waals surface area contributed by atoms with E-state index in [2.05, 4.69) is 22.3 Å². The number of likely N-dealkylation sites (tertiary alicyclic amines) is 1. The average molecular weight is 437 g/mol. The fourth-order valence-electron chi connectivity index (χ4n) is 3.63. The summed E-state index contributed by atoms with van der Waals surface area (Å²) in [6.45, 7) is 7.10. The van der Waals surface area contributed by atoms with Gasteiger partial charge in [-0.15, -0.1) is 0 Å². The largest absolute Gasteiger partial charge is 0.494 e. The highest BCUT2D eigenvalue weighted by molar-refractivity contribution is 6.27. The summed E-state index contributed by atoms with van der Waals surface area (Å²) in [5.41, 5.74) is 1.30. The third-order valence-corrected chi connectivity index (χ3v) is 5.31. The van der Waals surface area contributed by atoms with Crippen molar-refractivity contribution >= 4 is 17.8 Å². The second-order valence-corrected chi connectivity index (χ2v) is 7.62. The van der Waals surface area contributed by atoms with Crippen molar-refractivity contribution in [3.8, 4) is 5.75 Å². The highest BCUT2D eigenvalue weighted by Gasteiger charge is 2.26. The van der Waals surface area contributed by atoms with E-state index >= 15 is 0 Å². The number of carbonyl (C=O) groups is 3. The Bertz CT molecular complexity index is 697. The van der Waals surface area contributed by atoms with Crippen LogP contribution in [0, 0.1) is 5.92 Å². The van der Waals surface area contributed by atoms with Crippen LogP contribution in [-0.2, 0) is 25.7 Å². The minimum Gasteiger partial charge on any atom is -0.494 e. The number of ether oxygens (including phenoxy) is 2. The molecule has 3 N–H and O–H groups in total. The lowest BCUT2D eigenvalue weighted by Gasteiger charge is -2.31. The lowest BCUT2D eigenvalue weighted by Crippen LogP contribution is -2.42. The van der Waals surface area contributed by atoms with Crippen molar-refractivity contribution in [2.45, 2.75) is 45.3 Å². The number of hydrogen-bond donors (Lipinski definition) is 3. The molecule has 2 aliphatic heterocycles. The molecule has 1 aromatic rings. The number of nitrogens with one attached hydrogen (secondary N) is 1. The maximum Gasteiger partial charge on any atom is 0.414 e. The number of carbonyl (C=O) groups excluding carboxylic acids is 1. The smallest absolute Gasteiger partial charge is 0.414 e. The van der Waals surface area contributed by atoms with Crippen LogP contribution in [0.3, 0.4) is 0 Å². The molecule has 0 aromatic heterocycles. The molecule has 2 heterocycles. The van der Waals surface area contributed by atoms with Crippen LogP contribution >= 0.6 is 0 Å². The van der Waals surface area contributed by atoms with Crippen LogP contribution in [0.4, 0.5) is 0 Å². The van der Waals surface area contributed by atoms with Gasteiger partial charge >= 0.3 is 11.9 Å². The number of nitrogens with zero attached hydrogens (tertiary/aromatic N) is 1. The Labute approximate surface area is 182 Å². The van der Waals surface area contributed by atoms with Gasteiger partial charge in [-0.1, -0.05) is 12.1 Å². The first-order chi connectivity index (χ1) is 14.9. The standard InChI is InChI=1S/C20H30N2O3.C2H2O4/c1-2-24-18-7-5-16(6-8-18)15-22-11-9-17(10-12-22)20(23)21-14-19-4-3-13-25-19;3-1(4)2(5)6/h5-8,17,19H,2-4,9-15H2,1H3,(H,21,23);(H,3,4)(H,5,6). The minimum atomic E-state index is -1.82. The molecule has 2 fully saturated rings. The van der Waals surface area contributed by atoms with Gasteiger partial charge in [-0.2, -0.15) is 0 Å². The van der Waals surface area contributed by atoms with Crippen LogP contribution in [0.5, 0.6) is 5.75 Å². The Morgan fingerprint density at radius 3 is 2.26 bits per heavy atom. The molecule has 31 heavy (non-hydrogen) atoms. The molecule has 0 bridgehead atoms. The molecule has 1 unspecified atom stereocenters. The summed E-state index contributed by atoms with van der Waals surface area (Å²) in [7, 11) is 0. The van der Waals surface area contributed by atoms with E-state index < -0.39 is 11.9 Å². The third kappa shape index (κ3) is 8.94. The Hall–Kier alpha value is -2.65. The molecule has 9 heteroatoms. The zero-order valence-electron chi connectivity index (χ0n) is 17.9. The van der Waals surface area contributed by atoms with Gasteiger partial charge in [0.2, 0.25) is 5.91 Å². The quantitative estimate of drug-likeness (QED) is 0.552. The van der Waals surface area contributed by atoms with Crippen molar-refractivity contribution in [3.63, 3.8) is 0 Å². The lowest BCUT2D eigenvalue weighted by atomic mass is 9.95. The zero-order chi connectivity index (χ0) is 22.6.